The van der Waals surface area contributed by atoms with E-state index in [1.807, 2.05) is 19.1 Å². The maximum atomic E-state index is 13.4. The van der Waals surface area contributed by atoms with Gasteiger partial charge in [0.25, 0.3) is 5.91 Å². The van der Waals surface area contributed by atoms with E-state index in [0.717, 1.165) is 5.56 Å². The van der Waals surface area contributed by atoms with Crippen molar-refractivity contribution in [3.05, 3.63) is 76.3 Å². The zero-order chi connectivity index (χ0) is 22.1. The van der Waals surface area contributed by atoms with Gasteiger partial charge in [0, 0.05) is 17.1 Å². The van der Waals surface area contributed by atoms with Crippen molar-refractivity contribution in [3.63, 3.8) is 0 Å². The number of carbonyl (C=O) groups excluding carboxylic acids is 2. The van der Waals surface area contributed by atoms with Gasteiger partial charge in [-0.25, -0.2) is 14.2 Å². The molecule has 8 heteroatoms. The van der Waals surface area contributed by atoms with Gasteiger partial charge in [-0.3, -0.25) is 9.20 Å². The van der Waals surface area contributed by atoms with Gasteiger partial charge in [0.1, 0.15) is 27.7 Å². The first-order valence-corrected chi connectivity index (χ1v) is 10.6. The van der Waals surface area contributed by atoms with Crippen LogP contribution in [0, 0.1) is 19.7 Å². The molecule has 0 bridgehead atoms. The van der Waals surface area contributed by atoms with Gasteiger partial charge >= 0.3 is 5.97 Å². The molecule has 0 saturated carbocycles. The molecule has 3 aromatic heterocycles. The molecule has 158 valence electrons. The number of thiophene rings is 1. The number of halogens is 1. The summed E-state index contributed by atoms with van der Waals surface area (Å²) < 4.78 is 20.3. The van der Waals surface area contributed by atoms with Crippen molar-refractivity contribution < 1.29 is 18.7 Å². The Kier molecular flexibility index (Phi) is 5.56. The Morgan fingerprint density at radius 3 is 2.65 bits per heavy atom. The van der Waals surface area contributed by atoms with Gasteiger partial charge in [-0.15, -0.1) is 11.3 Å². The monoisotopic (exact) mass is 437 g/mol. The number of hydrogen-bond donors (Lipinski definition) is 1. The molecule has 4 rings (SSSR count). The zero-order valence-electron chi connectivity index (χ0n) is 17.2. The highest BCUT2D eigenvalue weighted by Crippen LogP contribution is 2.36. The van der Waals surface area contributed by atoms with Crippen LogP contribution in [0.3, 0.4) is 0 Å². The molecule has 3 heterocycles. The summed E-state index contributed by atoms with van der Waals surface area (Å²) in [5.41, 5.74) is 4.10. The number of nitrogens with one attached hydrogen (secondary N) is 1. The number of ether oxygens (including phenoxy) is 1. The van der Waals surface area contributed by atoms with Gasteiger partial charge in [-0.05, 0) is 50.1 Å². The van der Waals surface area contributed by atoms with Crippen LogP contribution in [0.25, 0.3) is 16.8 Å². The van der Waals surface area contributed by atoms with Crippen LogP contribution < -0.4 is 5.32 Å². The molecule has 1 aromatic carbocycles. The summed E-state index contributed by atoms with van der Waals surface area (Å²) in [5, 5.41) is 4.97. The molecule has 0 fully saturated rings. The van der Waals surface area contributed by atoms with E-state index in [1.165, 1.54) is 23.5 Å². The van der Waals surface area contributed by atoms with Crippen LogP contribution >= 0.6 is 11.3 Å². The lowest BCUT2D eigenvalue weighted by molar-refractivity contribution is 0.0529. The minimum Gasteiger partial charge on any atom is -0.462 e. The number of aryl methyl sites for hydroxylation is 2. The molecule has 0 spiro atoms. The highest BCUT2D eigenvalue weighted by molar-refractivity contribution is 7.15. The van der Waals surface area contributed by atoms with Crippen molar-refractivity contribution in [2.24, 2.45) is 0 Å². The van der Waals surface area contributed by atoms with E-state index in [2.05, 4.69) is 10.3 Å². The number of imidazole rings is 1. The third-order valence-electron chi connectivity index (χ3n) is 4.89. The molecule has 1 N–H and O–H groups in total. The fraction of sp³-hybridized carbons (Fsp3) is 0.174. The maximum Gasteiger partial charge on any atom is 0.341 e. The van der Waals surface area contributed by atoms with Gasteiger partial charge in [-0.1, -0.05) is 18.2 Å². The lowest BCUT2D eigenvalue weighted by Crippen LogP contribution is -2.17. The number of pyridine rings is 1. The number of hydrogen-bond acceptors (Lipinski definition) is 5. The van der Waals surface area contributed by atoms with Crippen molar-refractivity contribution in [1.29, 1.82) is 0 Å². The van der Waals surface area contributed by atoms with E-state index in [9.17, 15) is 14.0 Å². The number of nitrogens with zero attached hydrogens (tertiary/aromatic N) is 2. The first-order chi connectivity index (χ1) is 14.9. The predicted octanol–water partition coefficient (Wildman–Crippen LogP) is 5.25. The Morgan fingerprint density at radius 2 is 1.94 bits per heavy atom. The molecule has 4 aromatic rings. The third-order valence-corrected chi connectivity index (χ3v) is 5.78. The van der Waals surface area contributed by atoms with Crippen molar-refractivity contribution >= 4 is 33.9 Å². The van der Waals surface area contributed by atoms with Crippen LogP contribution in [0.2, 0.25) is 0 Å². The standard InChI is InChI=1S/C23H20FN3O3S/c1-4-30-23(29)18-17(15-7-9-16(24)10-8-15)12-31-22(18)26-21(28)19-14(3)25-20-13(2)6-5-11-27(19)20/h5-12H,4H2,1-3H3,(H,26,28). The fourth-order valence-corrected chi connectivity index (χ4v) is 4.40. The van der Waals surface area contributed by atoms with E-state index in [4.69, 9.17) is 4.74 Å². The average molecular weight is 437 g/mol. The lowest BCUT2D eigenvalue weighted by atomic mass is 10.0. The third kappa shape index (κ3) is 3.82. The van der Waals surface area contributed by atoms with Crippen LogP contribution in [0.5, 0.6) is 0 Å². The number of anilines is 1. The number of esters is 1. The molecule has 0 saturated heterocycles. The fourth-order valence-electron chi connectivity index (χ4n) is 3.45. The summed E-state index contributed by atoms with van der Waals surface area (Å²) in [6.45, 7) is 5.60. The van der Waals surface area contributed by atoms with Gasteiger partial charge in [0.05, 0.1) is 12.3 Å². The maximum absolute atomic E-state index is 13.4. The molecular formula is C23H20FN3O3S. The van der Waals surface area contributed by atoms with Gasteiger partial charge < -0.3 is 10.1 Å². The predicted molar refractivity (Wildman–Crippen MR) is 118 cm³/mol. The first kappa shape index (κ1) is 20.7. The molecular weight excluding hydrogens is 417 g/mol. The highest BCUT2D eigenvalue weighted by atomic mass is 32.1. The molecule has 1 amide bonds. The minimum absolute atomic E-state index is 0.191. The second-order valence-corrected chi connectivity index (χ2v) is 7.85. The Morgan fingerprint density at radius 1 is 1.19 bits per heavy atom. The van der Waals surface area contributed by atoms with Crippen LogP contribution in [-0.2, 0) is 4.74 Å². The summed E-state index contributed by atoms with van der Waals surface area (Å²) in [4.78, 5) is 30.4. The Balaban J connectivity index is 1.76. The highest BCUT2D eigenvalue weighted by Gasteiger charge is 2.25. The topological polar surface area (TPSA) is 72.7 Å². The van der Waals surface area contributed by atoms with Crippen molar-refractivity contribution in [3.8, 4) is 11.1 Å². The minimum atomic E-state index is -0.552. The number of carbonyl (C=O) groups is 2. The summed E-state index contributed by atoms with van der Waals surface area (Å²) in [5.74, 6) is -1.30. The van der Waals surface area contributed by atoms with E-state index in [-0.39, 0.29) is 23.9 Å². The summed E-state index contributed by atoms with van der Waals surface area (Å²) in [6.07, 6.45) is 1.78. The lowest BCUT2D eigenvalue weighted by Gasteiger charge is -2.09. The summed E-state index contributed by atoms with van der Waals surface area (Å²) in [7, 11) is 0. The quantitative estimate of drug-likeness (QED) is 0.433. The summed E-state index contributed by atoms with van der Waals surface area (Å²) >= 11 is 1.21. The molecule has 0 aliphatic carbocycles. The van der Waals surface area contributed by atoms with E-state index in [1.54, 1.807) is 42.0 Å². The van der Waals surface area contributed by atoms with Crippen LogP contribution in [0.15, 0.2) is 48.0 Å². The largest absolute Gasteiger partial charge is 0.462 e. The Hall–Kier alpha value is -3.52. The molecule has 6 nitrogen and oxygen atoms in total. The Bertz CT molecular complexity index is 1290. The van der Waals surface area contributed by atoms with E-state index < -0.39 is 5.97 Å². The van der Waals surface area contributed by atoms with Crippen molar-refractivity contribution in [1.82, 2.24) is 9.38 Å². The second kappa shape index (κ2) is 8.31. The number of benzene rings is 1. The number of fused-ring (bicyclic) bond motifs is 1. The normalized spacial score (nSPS) is 11.0. The molecule has 0 aliphatic heterocycles. The van der Waals surface area contributed by atoms with E-state index in [0.29, 0.717) is 33.2 Å². The molecule has 0 atom stereocenters. The van der Waals surface area contributed by atoms with Gasteiger partial charge in [-0.2, -0.15) is 0 Å². The van der Waals surface area contributed by atoms with Gasteiger partial charge in [0.2, 0.25) is 0 Å². The van der Waals surface area contributed by atoms with Crippen LogP contribution in [0.4, 0.5) is 9.39 Å². The van der Waals surface area contributed by atoms with Crippen LogP contribution in [0.1, 0.15) is 39.0 Å². The van der Waals surface area contributed by atoms with Crippen molar-refractivity contribution in [2.75, 3.05) is 11.9 Å². The Labute approximate surface area is 182 Å². The number of rotatable bonds is 5. The number of aromatic nitrogens is 2. The summed E-state index contributed by atoms with van der Waals surface area (Å²) in [6, 6.07) is 9.60. The zero-order valence-corrected chi connectivity index (χ0v) is 18.0. The first-order valence-electron chi connectivity index (χ1n) is 9.70. The average Bonchev–Trinajstić information content (AvgIpc) is 3.30. The van der Waals surface area contributed by atoms with Crippen LogP contribution in [-0.4, -0.2) is 27.9 Å². The molecule has 31 heavy (non-hydrogen) atoms. The smallest absolute Gasteiger partial charge is 0.341 e. The van der Waals surface area contributed by atoms with Crippen molar-refractivity contribution in [2.45, 2.75) is 20.8 Å². The number of amides is 1. The van der Waals surface area contributed by atoms with E-state index >= 15 is 0 Å². The molecule has 0 radical (unpaired) electrons. The van der Waals surface area contributed by atoms with Gasteiger partial charge in [0.15, 0.2) is 0 Å². The second-order valence-electron chi connectivity index (χ2n) is 6.97. The molecule has 0 unspecified atom stereocenters. The molecule has 0 aliphatic rings. The SMILES string of the molecule is CCOC(=O)c1c(-c2ccc(F)cc2)csc1NC(=O)c1c(C)nc2c(C)cccn12.